The molecule has 0 bridgehead atoms. The fourth-order valence-electron chi connectivity index (χ4n) is 3.74. The zero-order valence-electron chi connectivity index (χ0n) is 14.6. The smallest absolute Gasteiger partial charge is 0.139 e. The van der Waals surface area contributed by atoms with Crippen LogP contribution in [-0.2, 0) is 0 Å². The lowest BCUT2D eigenvalue weighted by Crippen LogP contribution is -1.90. The summed E-state index contributed by atoms with van der Waals surface area (Å²) < 4.78 is 6.99. The zero-order valence-corrected chi connectivity index (χ0v) is 15.5. The Morgan fingerprint density at radius 2 is 1.93 bits per heavy atom. The van der Waals surface area contributed by atoms with Gasteiger partial charge in [0.15, 0.2) is 0 Å². The number of benzene rings is 2. The molecule has 4 aromatic heterocycles. The van der Waals surface area contributed by atoms with Crippen LogP contribution in [0.4, 0.5) is 5.82 Å². The summed E-state index contributed by atoms with van der Waals surface area (Å²) >= 11 is 1.77. The minimum atomic E-state index is 0.469. The van der Waals surface area contributed by atoms with Gasteiger partial charge in [-0.1, -0.05) is 18.2 Å². The maximum absolute atomic E-state index is 6.14. The highest BCUT2D eigenvalue weighted by Gasteiger charge is 2.16. The van der Waals surface area contributed by atoms with Gasteiger partial charge in [0.1, 0.15) is 11.4 Å². The fraction of sp³-hybridized carbons (Fsp3) is 0. The number of hydrogen-bond donors (Lipinski definition) is 2. The van der Waals surface area contributed by atoms with Gasteiger partial charge in [-0.3, -0.25) is 5.10 Å². The average Bonchev–Trinajstić information content (AvgIpc) is 3.44. The topological polar surface area (TPSA) is 80.7 Å². The van der Waals surface area contributed by atoms with E-state index in [1.165, 1.54) is 15.0 Å². The standard InChI is InChI=1S/C22H14N4OS/c23-22-20-16(11-27-17(20)5-6-24-22)13-7-14-10-25-26-21(14)15(8-13)19-9-12-3-1-2-4-18(12)28-19/h1-11H,(H2,23,24)(H,25,26). The molecule has 0 aliphatic rings. The lowest BCUT2D eigenvalue weighted by Gasteiger charge is -2.06. The molecule has 0 fully saturated rings. The molecule has 5 nitrogen and oxygen atoms in total. The van der Waals surface area contributed by atoms with Crippen molar-refractivity contribution in [2.75, 3.05) is 5.73 Å². The van der Waals surface area contributed by atoms with Gasteiger partial charge >= 0.3 is 0 Å². The molecular weight excluding hydrogens is 368 g/mol. The predicted octanol–water partition coefficient (Wildman–Crippen LogP) is 5.84. The Labute approximate surface area is 163 Å². The summed E-state index contributed by atoms with van der Waals surface area (Å²) in [7, 11) is 0. The Morgan fingerprint density at radius 3 is 2.86 bits per heavy atom. The third-order valence-electron chi connectivity index (χ3n) is 5.07. The maximum Gasteiger partial charge on any atom is 0.139 e. The molecule has 0 spiro atoms. The lowest BCUT2D eigenvalue weighted by atomic mass is 9.99. The van der Waals surface area contributed by atoms with Crippen molar-refractivity contribution in [1.82, 2.24) is 15.2 Å². The van der Waals surface area contributed by atoms with Crippen molar-refractivity contribution in [2.24, 2.45) is 0 Å². The van der Waals surface area contributed by atoms with E-state index in [0.29, 0.717) is 5.82 Å². The summed E-state index contributed by atoms with van der Waals surface area (Å²) in [5.41, 5.74) is 11.0. The number of nitrogens with zero attached hydrogens (tertiary/aromatic N) is 2. The number of rotatable bonds is 2. The van der Waals surface area contributed by atoms with E-state index in [2.05, 4.69) is 57.6 Å². The molecule has 0 saturated heterocycles. The molecule has 4 heterocycles. The Balaban J connectivity index is 1.65. The molecular formula is C22H14N4OS. The van der Waals surface area contributed by atoms with Crippen molar-refractivity contribution in [3.63, 3.8) is 0 Å². The lowest BCUT2D eigenvalue weighted by molar-refractivity contribution is 0.616. The van der Waals surface area contributed by atoms with Crippen LogP contribution in [0.5, 0.6) is 0 Å². The molecule has 28 heavy (non-hydrogen) atoms. The molecule has 3 N–H and O–H groups in total. The SMILES string of the molecule is Nc1nccc2occ(-c3cc(-c4cc5ccccc5s4)c4[nH]ncc4c3)c12. The van der Waals surface area contributed by atoms with Crippen LogP contribution in [0.15, 0.2) is 71.6 Å². The summed E-state index contributed by atoms with van der Waals surface area (Å²) in [6.45, 7) is 0. The second kappa shape index (κ2) is 5.68. The second-order valence-corrected chi connectivity index (χ2v) is 7.81. The number of aromatic amines is 1. The predicted molar refractivity (Wildman–Crippen MR) is 114 cm³/mol. The number of pyridine rings is 1. The van der Waals surface area contributed by atoms with E-state index in [0.717, 1.165) is 38.6 Å². The van der Waals surface area contributed by atoms with Crippen molar-refractivity contribution in [3.8, 4) is 21.6 Å². The van der Waals surface area contributed by atoms with E-state index in [9.17, 15) is 0 Å². The second-order valence-electron chi connectivity index (χ2n) is 6.73. The van der Waals surface area contributed by atoms with E-state index >= 15 is 0 Å². The van der Waals surface area contributed by atoms with Crippen LogP contribution in [-0.4, -0.2) is 15.2 Å². The quantitative estimate of drug-likeness (QED) is 0.394. The highest BCUT2D eigenvalue weighted by Crippen LogP contribution is 2.41. The van der Waals surface area contributed by atoms with Crippen molar-refractivity contribution < 1.29 is 4.42 Å². The van der Waals surface area contributed by atoms with Crippen LogP contribution < -0.4 is 5.73 Å². The first kappa shape index (κ1) is 15.4. The van der Waals surface area contributed by atoms with E-state index in [4.69, 9.17) is 10.2 Å². The van der Waals surface area contributed by atoms with Crippen LogP contribution in [0.2, 0.25) is 0 Å². The first-order chi connectivity index (χ1) is 13.8. The summed E-state index contributed by atoms with van der Waals surface area (Å²) in [6.07, 6.45) is 5.26. The number of nitrogen functional groups attached to an aromatic ring is 1. The largest absolute Gasteiger partial charge is 0.463 e. The molecule has 0 amide bonds. The molecule has 6 aromatic rings. The van der Waals surface area contributed by atoms with Gasteiger partial charge < -0.3 is 10.2 Å². The minimum absolute atomic E-state index is 0.469. The third-order valence-corrected chi connectivity index (χ3v) is 6.22. The molecule has 0 saturated carbocycles. The Hall–Kier alpha value is -3.64. The van der Waals surface area contributed by atoms with Gasteiger partial charge in [-0.15, -0.1) is 11.3 Å². The maximum atomic E-state index is 6.14. The van der Waals surface area contributed by atoms with Crippen LogP contribution in [0.1, 0.15) is 0 Å². The number of nitrogens with one attached hydrogen (secondary N) is 1. The number of thiophene rings is 1. The number of H-pyrrole nitrogens is 1. The van der Waals surface area contributed by atoms with Crippen LogP contribution in [0.3, 0.4) is 0 Å². The molecule has 0 aliphatic heterocycles. The molecule has 134 valence electrons. The van der Waals surface area contributed by atoms with Gasteiger partial charge in [-0.05, 0) is 41.3 Å². The fourth-order valence-corrected chi connectivity index (χ4v) is 4.83. The molecule has 0 radical (unpaired) electrons. The summed E-state index contributed by atoms with van der Waals surface area (Å²) in [5, 5.41) is 10.5. The zero-order chi connectivity index (χ0) is 18.7. The van der Waals surface area contributed by atoms with Crippen molar-refractivity contribution >= 4 is 49.1 Å². The number of nitrogens with two attached hydrogens (primary N) is 1. The monoisotopic (exact) mass is 382 g/mol. The summed E-state index contributed by atoms with van der Waals surface area (Å²) in [4.78, 5) is 5.42. The third kappa shape index (κ3) is 2.18. The molecule has 6 rings (SSSR count). The van der Waals surface area contributed by atoms with E-state index in [1.807, 2.05) is 12.3 Å². The van der Waals surface area contributed by atoms with Crippen LogP contribution >= 0.6 is 11.3 Å². The van der Waals surface area contributed by atoms with Crippen LogP contribution in [0.25, 0.3) is 53.5 Å². The van der Waals surface area contributed by atoms with Gasteiger partial charge in [0.25, 0.3) is 0 Å². The molecule has 2 aromatic carbocycles. The number of furan rings is 1. The summed E-state index contributed by atoms with van der Waals surface area (Å²) in [6, 6.07) is 16.7. The molecule has 0 aliphatic carbocycles. The van der Waals surface area contributed by atoms with E-state index in [-0.39, 0.29) is 0 Å². The average molecular weight is 382 g/mol. The van der Waals surface area contributed by atoms with Gasteiger partial charge in [0, 0.05) is 32.3 Å². The summed E-state index contributed by atoms with van der Waals surface area (Å²) in [5.74, 6) is 0.469. The van der Waals surface area contributed by atoms with E-state index in [1.54, 1.807) is 23.8 Å². The van der Waals surface area contributed by atoms with Gasteiger partial charge in [-0.25, -0.2) is 4.98 Å². The highest BCUT2D eigenvalue weighted by atomic mass is 32.1. The number of fused-ring (bicyclic) bond motifs is 3. The van der Waals surface area contributed by atoms with Crippen molar-refractivity contribution in [1.29, 1.82) is 0 Å². The highest BCUT2D eigenvalue weighted by molar-refractivity contribution is 7.22. The normalized spacial score (nSPS) is 11.7. The number of aromatic nitrogens is 3. The van der Waals surface area contributed by atoms with Gasteiger partial charge in [-0.2, -0.15) is 5.10 Å². The Morgan fingerprint density at radius 1 is 1.00 bits per heavy atom. The Kier molecular flexibility index (Phi) is 3.13. The van der Waals surface area contributed by atoms with Crippen molar-refractivity contribution in [3.05, 3.63) is 67.2 Å². The van der Waals surface area contributed by atoms with Crippen LogP contribution in [0, 0.1) is 0 Å². The van der Waals surface area contributed by atoms with Gasteiger partial charge in [0.2, 0.25) is 0 Å². The number of anilines is 1. The molecule has 0 unspecified atom stereocenters. The van der Waals surface area contributed by atoms with E-state index < -0.39 is 0 Å². The Bertz CT molecular complexity index is 1460. The van der Waals surface area contributed by atoms with Gasteiger partial charge in [0.05, 0.1) is 23.4 Å². The molecule has 0 atom stereocenters. The minimum Gasteiger partial charge on any atom is -0.463 e. The van der Waals surface area contributed by atoms with Crippen molar-refractivity contribution in [2.45, 2.75) is 0 Å². The number of hydrogen-bond acceptors (Lipinski definition) is 5. The first-order valence-electron chi connectivity index (χ1n) is 8.86. The molecule has 6 heteroatoms. The first-order valence-corrected chi connectivity index (χ1v) is 9.68.